The third kappa shape index (κ3) is 2.98. The van der Waals surface area contributed by atoms with Gasteiger partial charge in [0, 0.05) is 17.5 Å². The largest absolute Gasteiger partial charge is 0.507 e. The van der Waals surface area contributed by atoms with Crippen LogP contribution in [0.25, 0.3) is 0 Å². The summed E-state index contributed by atoms with van der Waals surface area (Å²) < 4.78 is 0.582. The van der Waals surface area contributed by atoms with Crippen molar-refractivity contribution in [1.82, 2.24) is 5.32 Å². The number of phenolic OH excluding ortho intramolecular Hbond substituents is 1. The van der Waals surface area contributed by atoms with Crippen LogP contribution >= 0.6 is 27.5 Å². The summed E-state index contributed by atoms with van der Waals surface area (Å²) in [6.45, 7) is 0. The molecule has 1 saturated carbocycles. The first-order chi connectivity index (χ1) is 8.61. The van der Waals surface area contributed by atoms with E-state index in [-0.39, 0.29) is 17.7 Å². The lowest BCUT2D eigenvalue weighted by molar-refractivity contribution is 0.0929. The number of nitrogens with one attached hydrogen (secondary N) is 1. The third-order valence-electron chi connectivity index (χ3n) is 3.38. The monoisotopic (exact) mass is 331 g/mol. The van der Waals surface area contributed by atoms with Crippen molar-refractivity contribution < 1.29 is 9.90 Å². The number of hydrogen-bond donors (Lipinski definition) is 2. The van der Waals surface area contributed by atoms with Crippen molar-refractivity contribution in [2.75, 3.05) is 5.88 Å². The second-order valence-corrected chi connectivity index (χ2v) is 5.75. The number of amides is 1. The fraction of sp³-hybridized carbons (Fsp3) is 0.462. The van der Waals surface area contributed by atoms with Crippen LogP contribution in [0.5, 0.6) is 5.75 Å². The van der Waals surface area contributed by atoms with Crippen molar-refractivity contribution in [3.05, 3.63) is 28.2 Å². The Morgan fingerprint density at radius 3 is 2.94 bits per heavy atom. The third-order valence-corrected chi connectivity index (χ3v) is 4.45. The molecule has 1 fully saturated rings. The molecule has 0 bridgehead atoms. The van der Waals surface area contributed by atoms with Gasteiger partial charge in [0.2, 0.25) is 0 Å². The SMILES string of the molecule is O=C(NC1CCCC1CCl)c1ccc(Br)c(O)c1. The van der Waals surface area contributed by atoms with Crippen LogP contribution in [-0.4, -0.2) is 22.9 Å². The lowest BCUT2D eigenvalue weighted by atomic mass is 10.1. The maximum Gasteiger partial charge on any atom is 0.251 e. The molecule has 98 valence electrons. The van der Waals surface area contributed by atoms with Crippen LogP contribution in [-0.2, 0) is 0 Å². The van der Waals surface area contributed by atoms with Crippen LogP contribution in [0.2, 0.25) is 0 Å². The van der Waals surface area contributed by atoms with Crippen molar-refractivity contribution in [3.63, 3.8) is 0 Å². The van der Waals surface area contributed by atoms with E-state index in [1.54, 1.807) is 12.1 Å². The van der Waals surface area contributed by atoms with Gasteiger partial charge in [0.1, 0.15) is 5.75 Å². The molecule has 18 heavy (non-hydrogen) atoms. The number of hydrogen-bond acceptors (Lipinski definition) is 2. The Bertz CT molecular complexity index is 453. The molecule has 1 aliphatic rings. The van der Waals surface area contributed by atoms with Crippen molar-refractivity contribution in [2.45, 2.75) is 25.3 Å². The van der Waals surface area contributed by atoms with Gasteiger partial charge >= 0.3 is 0 Å². The summed E-state index contributed by atoms with van der Waals surface area (Å²) in [5.74, 6) is 0.860. The highest BCUT2D eigenvalue weighted by Crippen LogP contribution is 2.28. The van der Waals surface area contributed by atoms with Crippen molar-refractivity contribution in [3.8, 4) is 5.75 Å². The Labute approximate surface area is 120 Å². The van der Waals surface area contributed by atoms with Crippen molar-refractivity contribution >= 4 is 33.4 Å². The standard InChI is InChI=1S/C13H15BrClNO2/c14-10-5-4-8(6-12(10)17)13(18)16-11-3-1-2-9(11)7-15/h4-6,9,11,17H,1-3,7H2,(H,16,18). The molecule has 0 heterocycles. The van der Waals surface area contributed by atoms with Crippen LogP contribution in [0.3, 0.4) is 0 Å². The van der Waals surface area contributed by atoms with E-state index in [1.807, 2.05) is 0 Å². The summed E-state index contributed by atoms with van der Waals surface area (Å²) in [5.41, 5.74) is 0.468. The Morgan fingerprint density at radius 1 is 1.50 bits per heavy atom. The van der Waals surface area contributed by atoms with Gasteiger partial charge < -0.3 is 10.4 Å². The second-order valence-electron chi connectivity index (χ2n) is 4.59. The predicted octanol–water partition coefficient (Wildman–Crippen LogP) is 3.29. The Hall–Kier alpha value is -0.740. The predicted molar refractivity (Wildman–Crippen MR) is 75.1 cm³/mol. The normalized spacial score (nSPS) is 23.0. The minimum Gasteiger partial charge on any atom is -0.507 e. The van der Waals surface area contributed by atoms with Gasteiger partial charge in [-0.25, -0.2) is 0 Å². The number of rotatable bonds is 3. The zero-order chi connectivity index (χ0) is 13.1. The van der Waals surface area contributed by atoms with Crippen LogP contribution in [0.1, 0.15) is 29.6 Å². The fourth-order valence-corrected chi connectivity index (χ4v) is 2.93. The zero-order valence-electron chi connectivity index (χ0n) is 9.83. The molecule has 1 amide bonds. The minimum atomic E-state index is -0.153. The minimum absolute atomic E-state index is 0.0722. The second kappa shape index (κ2) is 5.93. The van der Waals surface area contributed by atoms with E-state index in [0.29, 0.717) is 21.8 Å². The molecule has 2 rings (SSSR count). The number of aromatic hydroxyl groups is 1. The Kier molecular flexibility index (Phi) is 4.51. The summed E-state index contributed by atoms with van der Waals surface area (Å²) >= 11 is 9.07. The highest BCUT2D eigenvalue weighted by Gasteiger charge is 2.28. The zero-order valence-corrected chi connectivity index (χ0v) is 12.2. The number of carbonyl (C=O) groups is 1. The number of benzene rings is 1. The lowest BCUT2D eigenvalue weighted by Crippen LogP contribution is -2.37. The van der Waals surface area contributed by atoms with E-state index in [0.717, 1.165) is 19.3 Å². The van der Waals surface area contributed by atoms with Crippen molar-refractivity contribution in [2.24, 2.45) is 5.92 Å². The van der Waals surface area contributed by atoms with E-state index in [9.17, 15) is 9.90 Å². The van der Waals surface area contributed by atoms with Crippen LogP contribution < -0.4 is 5.32 Å². The van der Waals surface area contributed by atoms with Gasteiger partial charge in [0.15, 0.2) is 0 Å². The molecule has 1 aliphatic carbocycles. The summed E-state index contributed by atoms with van der Waals surface area (Å²) in [6, 6.07) is 4.96. The molecular weight excluding hydrogens is 318 g/mol. The lowest BCUT2D eigenvalue weighted by Gasteiger charge is -2.19. The molecule has 0 spiro atoms. The van der Waals surface area contributed by atoms with E-state index in [2.05, 4.69) is 21.2 Å². The number of alkyl halides is 1. The van der Waals surface area contributed by atoms with Crippen LogP contribution in [0, 0.1) is 5.92 Å². The first-order valence-electron chi connectivity index (χ1n) is 5.97. The summed E-state index contributed by atoms with van der Waals surface area (Å²) in [6.07, 6.45) is 3.15. The molecule has 0 aromatic heterocycles. The van der Waals surface area contributed by atoms with Gasteiger partial charge in [-0.3, -0.25) is 4.79 Å². The molecule has 2 N–H and O–H groups in total. The summed E-state index contributed by atoms with van der Waals surface area (Å²) in [7, 11) is 0. The molecule has 1 aromatic rings. The average molecular weight is 333 g/mol. The molecule has 0 radical (unpaired) electrons. The molecule has 2 unspecified atom stereocenters. The highest BCUT2D eigenvalue weighted by molar-refractivity contribution is 9.10. The Morgan fingerprint density at radius 2 is 2.28 bits per heavy atom. The van der Waals surface area contributed by atoms with E-state index in [1.165, 1.54) is 6.07 Å². The van der Waals surface area contributed by atoms with E-state index >= 15 is 0 Å². The Balaban J connectivity index is 2.05. The molecule has 0 aliphatic heterocycles. The summed E-state index contributed by atoms with van der Waals surface area (Å²) in [4.78, 5) is 12.0. The van der Waals surface area contributed by atoms with Crippen molar-refractivity contribution in [1.29, 1.82) is 0 Å². The molecule has 3 nitrogen and oxygen atoms in total. The smallest absolute Gasteiger partial charge is 0.251 e. The number of phenols is 1. The van der Waals surface area contributed by atoms with Gasteiger partial charge in [0.05, 0.1) is 4.47 Å². The van der Waals surface area contributed by atoms with Gasteiger partial charge in [-0.1, -0.05) is 6.42 Å². The van der Waals surface area contributed by atoms with Gasteiger partial charge in [-0.2, -0.15) is 0 Å². The highest BCUT2D eigenvalue weighted by atomic mass is 79.9. The molecule has 2 atom stereocenters. The number of carbonyl (C=O) groups excluding carboxylic acids is 1. The molecule has 5 heteroatoms. The first kappa shape index (κ1) is 13.7. The molecule has 1 aromatic carbocycles. The van der Waals surface area contributed by atoms with Gasteiger partial charge in [-0.05, 0) is 52.9 Å². The fourth-order valence-electron chi connectivity index (χ4n) is 2.32. The maximum atomic E-state index is 12.0. The molecule has 0 saturated heterocycles. The quantitative estimate of drug-likeness (QED) is 0.835. The van der Waals surface area contributed by atoms with Gasteiger partial charge in [-0.15, -0.1) is 11.6 Å². The molecular formula is C13H15BrClNO2. The van der Waals surface area contributed by atoms with E-state index < -0.39 is 0 Å². The van der Waals surface area contributed by atoms with E-state index in [4.69, 9.17) is 11.6 Å². The number of halogens is 2. The summed E-state index contributed by atoms with van der Waals surface area (Å²) in [5, 5.41) is 12.6. The van der Waals surface area contributed by atoms with Gasteiger partial charge in [0.25, 0.3) is 5.91 Å². The van der Waals surface area contributed by atoms with Crippen LogP contribution in [0.15, 0.2) is 22.7 Å². The topological polar surface area (TPSA) is 49.3 Å². The maximum absolute atomic E-state index is 12.0. The first-order valence-corrected chi connectivity index (χ1v) is 7.30. The average Bonchev–Trinajstić information content (AvgIpc) is 2.79. The van der Waals surface area contributed by atoms with Crippen LogP contribution in [0.4, 0.5) is 0 Å².